The van der Waals surface area contributed by atoms with E-state index in [2.05, 4.69) is 4.98 Å². The Labute approximate surface area is 174 Å². The van der Waals surface area contributed by atoms with E-state index in [9.17, 15) is 21.6 Å². The van der Waals surface area contributed by atoms with Crippen molar-refractivity contribution in [3.8, 4) is 0 Å². The van der Waals surface area contributed by atoms with Crippen LogP contribution in [0.5, 0.6) is 0 Å². The van der Waals surface area contributed by atoms with Crippen LogP contribution < -0.4 is 4.90 Å². The largest absolute Gasteiger partial charge is 0.416 e. The van der Waals surface area contributed by atoms with Crippen LogP contribution in [0.3, 0.4) is 0 Å². The van der Waals surface area contributed by atoms with Crippen molar-refractivity contribution in [2.45, 2.75) is 17.8 Å². The van der Waals surface area contributed by atoms with E-state index in [0.717, 1.165) is 18.3 Å². The number of anilines is 1. The van der Waals surface area contributed by atoms with Gasteiger partial charge in [0.15, 0.2) is 0 Å². The second-order valence-corrected chi connectivity index (χ2v) is 9.59. The third kappa shape index (κ3) is 5.61. The van der Waals surface area contributed by atoms with Gasteiger partial charge >= 0.3 is 6.18 Å². The molecule has 2 aliphatic rings. The molecule has 30 heavy (non-hydrogen) atoms. The Kier molecular flexibility index (Phi) is 7.56. The molecule has 1 atom stereocenters. The molecule has 0 aromatic carbocycles. The van der Waals surface area contributed by atoms with Crippen molar-refractivity contribution in [3.63, 3.8) is 0 Å². The first-order valence-electron chi connectivity index (χ1n) is 9.90. The van der Waals surface area contributed by atoms with Gasteiger partial charge in [0, 0.05) is 45.5 Å². The fraction of sp³-hybridized carbons (Fsp3) is 0.722. The molecule has 0 amide bonds. The Morgan fingerprint density at radius 3 is 2.57 bits per heavy atom. The van der Waals surface area contributed by atoms with Gasteiger partial charge in [0.2, 0.25) is 10.0 Å². The quantitative estimate of drug-likeness (QED) is 0.579. The van der Waals surface area contributed by atoms with Crippen LogP contribution in [0, 0.1) is 0 Å². The molecule has 0 spiro atoms. The highest BCUT2D eigenvalue weighted by molar-refractivity contribution is 7.89. The van der Waals surface area contributed by atoms with E-state index >= 15 is 0 Å². The number of ether oxygens (including phenoxy) is 1. The Morgan fingerprint density at radius 2 is 1.90 bits per heavy atom. The fourth-order valence-electron chi connectivity index (χ4n) is 3.75. The second kappa shape index (κ2) is 9.77. The van der Waals surface area contributed by atoms with Crippen molar-refractivity contribution in [2.24, 2.45) is 0 Å². The third-order valence-corrected chi connectivity index (χ3v) is 7.75. The molecule has 3 rings (SSSR count). The van der Waals surface area contributed by atoms with Crippen molar-refractivity contribution in [2.75, 3.05) is 70.5 Å². The van der Waals surface area contributed by atoms with Gasteiger partial charge < -0.3 is 14.7 Å². The summed E-state index contributed by atoms with van der Waals surface area (Å²) in [6.07, 6.45) is -2.78. The summed E-state index contributed by atoms with van der Waals surface area (Å²) in [5.41, 5.74) is -0.767. The molecule has 8 nitrogen and oxygen atoms in total. The number of hydrogen-bond donors (Lipinski definition) is 1. The number of likely N-dealkylation sites (tertiary alicyclic amines) is 1. The summed E-state index contributed by atoms with van der Waals surface area (Å²) in [5.74, 6) is 0.205. The molecule has 2 fully saturated rings. The maximum Gasteiger partial charge on any atom is 0.416 e. The van der Waals surface area contributed by atoms with Crippen molar-refractivity contribution in [1.29, 1.82) is 0 Å². The average Bonchev–Trinajstić information content (AvgIpc) is 3.21. The van der Waals surface area contributed by atoms with Crippen LogP contribution in [-0.4, -0.2) is 98.6 Å². The molecule has 2 aliphatic heterocycles. The van der Waals surface area contributed by atoms with Crippen LogP contribution in [0.2, 0.25) is 0 Å². The van der Waals surface area contributed by atoms with E-state index in [1.165, 1.54) is 4.31 Å². The van der Waals surface area contributed by atoms with E-state index in [1.807, 2.05) is 4.90 Å². The predicted molar refractivity (Wildman–Crippen MR) is 105 cm³/mol. The molecular weight excluding hydrogens is 425 g/mol. The van der Waals surface area contributed by atoms with E-state index in [4.69, 9.17) is 9.84 Å². The van der Waals surface area contributed by atoms with Gasteiger partial charge in [0.05, 0.1) is 30.6 Å². The first-order chi connectivity index (χ1) is 14.2. The zero-order valence-electron chi connectivity index (χ0n) is 16.6. The van der Waals surface area contributed by atoms with Crippen LogP contribution in [0.1, 0.15) is 12.0 Å². The summed E-state index contributed by atoms with van der Waals surface area (Å²) < 4.78 is 71.4. The molecule has 2 saturated heterocycles. The second-order valence-electron chi connectivity index (χ2n) is 7.38. The van der Waals surface area contributed by atoms with E-state index in [1.54, 1.807) is 4.90 Å². The minimum absolute atomic E-state index is 0.0427. The van der Waals surface area contributed by atoms with E-state index < -0.39 is 27.0 Å². The van der Waals surface area contributed by atoms with Crippen molar-refractivity contribution >= 4 is 15.8 Å². The van der Waals surface area contributed by atoms with Gasteiger partial charge in [-0.3, -0.25) is 4.90 Å². The zero-order chi connectivity index (χ0) is 21.8. The van der Waals surface area contributed by atoms with Gasteiger partial charge in [-0.2, -0.15) is 17.5 Å². The molecule has 170 valence electrons. The molecule has 1 aromatic heterocycles. The van der Waals surface area contributed by atoms with Crippen molar-refractivity contribution < 1.29 is 31.4 Å². The highest BCUT2D eigenvalue weighted by Gasteiger charge is 2.38. The number of halogens is 3. The number of aliphatic hydroxyl groups excluding tert-OH is 1. The van der Waals surface area contributed by atoms with Crippen LogP contribution in [-0.2, 0) is 20.9 Å². The molecule has 0 aliphatic carbocycles. The summed E-state index contributed by atoms with van der Waals surface area (Å²) in [6, 6.07) is 1.92. The van der Waals surface area contributed by atoms with Crippen molar-refractivity contribution in [3.05, 3.63) is 23.9 Å². The summed E-state index contributed by atoms with van der Waals surface area (Å²) in [6.45, 7) is 3.39. The molecule has 1 unspecified atom stereocenters. The number of alkyl halides is 3. The maximum absolute atomic E-state index is 13.0. The zero-order valence-corrected chi connectivity index (χ0v) is 17.4. The highest BCUT2D eigenvalue weighted by atomic mass is 32.2. The minimum Gasteiger partial charge on any atom is -0.394 e. The highest BCUT2D eigenvalue weighted by Crippen LogP contribution is 2.31. The number of aliphatic hydroxyl groups is 1. The number of rotatable bonds is 8. The maximum atomic E-state index is 13.0. The van der Waals surface area contributed by atoms with Gasteiger partial charge in [-0.1, -0.05) is 0 Å². The standard InChI is InChI=1S/C18H27F3N4O4S/c19-18(20,21)15-1-3-22-17(13-15)24-5-7-25(8-6-24)30(27,28)16-2-4-23(14-16)9-11-29-12-10-26/h1,3,13,16,26H,2,4-12,14H2. The summed E-state index contributed by atoms with van der Waals surface area (Å²) in [4.78, 5) is 7.73. The van der Waals surface area contributed by atoms with Gasteiger partial charge in [-0.25, -0.2) is 13.4 Å². The van der Waals surface area contributed by atoms with Gasteiger partial charge in [-0.05, 0) is 25.1 Å². The van der Waals surface area contributed by atoms with E-state index in [-0.39, 0.29) is 32.1 Å². The molecule has 1 N–H and O–H groups in total. The summed E-state index contributed by atoms with van der Waals surface area (Å²) in [5, 5.41) is 8.22. The van der Waals surface area contributed by atoms with Crippen LogP contribution >= 0.6 is 0 Å². The lowest BCUT2D eigenvalue weighted by molar-refractivity contribution is -0.137. The Morgan fingerprint density at radius 1 is 1.17 bits per heavy atom. The number of sulfonamides is 1. The monoisotopic (exact) mass is 452 g/mol. The Hall–Kier alpha value is -1.47. The number of hydrogen-bond acceptors (Lipinski definition) is 7. The van der Waals surface area contributed by atoms with Crippen LogP contribution in [0.4, 0.5) is 19.0 Å². The van der Waals surface area contributed by atoms with Crippen LogP contribution in [0.25, 0.3) is 0 Å². The lowest BCUT2D eigenvalue weighted by Gasteiger charge is -2.36. The lowest BCUT2D eigenvalue weighted by atomic mass is 10.2. The number of pyridine rings is 1. The summed E-state index contributed by atoms with van der Waals surface area (Å²) >= 11 is 0. The van der Waals surface area contributed by atoms with Gasteiger partial charge in [0.1, 0.15) is 5.82 Å². The molecule has 0 saturated carbocycles. The SMILES string of the molecule is O=S(=O)(C1CCN(CCOCCO)C1)N1CCN(c2cc(C(F)(F)F)ccn2)CC1. The number of nitrogens with zero attached hydrogens (tertiary/aromatic N) is 4. The van der Waals surface area contributed by atoms with Crippen molar-refractivity contribution in [1.82, 2.24) is 14.2 Å². The van der Waals surface area contributed by atoms with Gasteiger partial charge in [0.25, 0.3) is 0 Å². The lowest BCUT2D eigenvalue weighted by Crippen LogP contribution is -2.51. The summed E-state index contributed by atoms with van der Waals surface area (Å²) in [7, 11) is -3.48. The van der Waals surface area contributed by atoms with E-state index in [0.29, 0.717) is 45.8 Å². The predicted octanol–water partition coefficient (Wildman–Crippen LogP) is 0.635. The Balaban J connectivity index is 1.53. The smallest absolute Gasteiger partial charge is 0.394 e. The topological polar surface area (TPSA) is 86.2 Å². The average molecular weight is 452 g/mol. The Bertz CT molecular complexity index is 801. The third-order valence-electron chi connectivity index (χ3n) is 5.43. The number of piperazine rings is 1. The normalized spacial score (nSPS) is 22.0. The molecule has 0 radical (unpaired) electrons. The molecular formula is C18H27F3N4O4S. The van der Waals surface area contributed by atoms with Gasteiger partial charge in [-0.15, -0.1) is 0 Å². The molecule has 1 aromatic rings. The number of aromatic nitrogens is 1. The molecule has 0 bridgehead atoms. The first-order valence-corrected chi connectivity index (χ1v) is 11.4. The molecule has 12 heteroatoms. The molecule has 3 heterocycles. The minimum atomic E-state index is -4.44. The van der Waals surface area contributed by atoms with Crippen LogP contribution in [0.15, 0.2) is 18.3 Å². The first kappa shape index (κ1) is 23.2. The fourth-order valence-corrected chi connectivity index (χ4v) is 5.65.